The molecule has 0 aromatic rings. The molecular formula is C14H23NO2. The molecule has 0 aromatic carbocycles. The molecule has 0 aliphatic carbocycles. The van der Waals surface area contributed by atoms with Gasteiger partial charge in [-0.05, 0) is 56.4 Å². The highest BCUT2D eigenvalue weighted by molar-refractivity contribution is 5.21. The quantitative estimate of drug-likeness (QED) is 0.721. The van der Waals surface area contributed by atoms with Crippen molar-refractivity contribution >= 4 is 0 Å². The number of nitrogens with one attached hydrogen (secondary N) is 1. The highest BCUT2D eigenvalue weighted by Crippen LogP contribution is 2.15. The lowest BCUT2D eigenvalue weighted by Crippen LogP contribution is -2.22. The van der Waals surface area contributed by atoms with Crippen LogP contribution in [-0.2, 0) is 9.47 Å². The predicted molar refractivity (Wildman–Crippen MR) is 68.6 cm³/mol. The van der Waals surface area contributed by atoms with Crippen LogP contribution in [0.1, 0.15) is 38.5 Å². The second-order valence-corrected chi connectivity index (χ2v) is 4.64. The van der Waals surface area contributed by atoms with Crippen LogP contribution in [0, 0.1) is 0 Å². The zero-order chi connectivity index (χ0) is 11.8. The van der Waals surface area contributed by atoms with E-state index in [1.807, 2.05) is 6.20 Å². The molecule has 0 aromatic heterocycles. The fourth-order valence-electron chi connectivity index (χ4n) is 2.17. The minimum absolute atomic E-state index is 0.0711. The van der Waals surface area contributed by atoms with Crippen molar-refractivity contribution in [1.82, 2.24) is 5.32 Å². The van der Waals surface area contributed by atoms with Gasteiger partial charge in [0.05, 0.1) is 0 Å². The number of allylic oxidation sites excluding steroid dienone is 2. The molecule has 2 rings (SSSR count). The normalized spacial score (nSPS) is 24.2. The topological polar surface area (TPSA) is 30.5 Å². The fourth-order valence-corrected chi connectivity index (χ4v) is 2.17. The van der Waals surface area contributed by atoms with Crippen LogP contribution in [0.25, 0.3) is 0 Å². The molecule has 1 atom stereocenters. The van der Waals surface area contributed by atoms with Crippen molar-refractivity contribution in [2.24, 2.45) is 0 Å². The molecule has 0 radical (unpaired) electrons. The van der Waals surface area contributed by atoms with Gasteiger partial charge in [-0.15, -0.1) is 0 Å². The average Bonchev–Trinajstić information content (AvgIpc) is 2.41. The van der Waals surface area contributed by atoms with E-state index >= 15 is 0 Å². The summed E-state index contributed by atoms with van der Waals surface area (Å²) >= 11 is 0. The highest BCUT2D eigenvalue weighted by atomic mass is 16.7. The van der Waals surface area contributed by atoms with E-state index in [-0.39, 0.29) is 6.29 Å². The van der Waals surface area contributed by atoms with Crippen LogP contribution in [0.3, 0.4) is 0 Å². The Kier molecular flexibility index (Phi) is 5.59. The fraction of sp³-hybridized carbons (Fsp3) is 0.714. The average molecular weight is 237 g/mol. The third-order valence-corrected chi connectivity index (χ3v) is 3.20. The van der Waals surface area contributed by atoms with E-state index in [9.17, 15) is 0 Å². The van der Waals surface area contributed by atoms with Crippen molar-refractivity contribution in [3.63, 3.8) is 0 Å². The van der Waals surface area contributed by atoms with Crippen LogP contribution < -0.4 is 5.32 Å². The highest BCUT2D eigenvalue weighted by Gasteiger charge is 2.13. The Labute approximate surface area is 104 Å². The molecule has 2 heterocycles. The lowest BCUT2D eigenvalue weighted by molar-refractivity contribution is -0.162. The number of dihydropyridines is 1. The first-order valence-corrected chi connectivity index (χ1v) is 6.77. The third kappa shape index (κ3) is 4.92. The van der Waals surface area contributed by atoms with E-state index in [1.165, 1.54) is 24.8 Å². The largest absolute Gasteiger partial charge is 0.387 e. The first-order valence-electron chi connectivity index (χ1n) is 6.77. The molecule has 96 valence electrons. The van der Waals surface area contributed by atoms with Crippen LogP contribution in [0.15, 0.2) is 23.9 Å². The van der Waals surface area contributed by atoms with Gasteiger partial charge in [0.25, 0.3) is 0 Å². The number of rotatable bonds is 6. The molecule has 3 heteroatoms. The summed E-state index contributed by atoms with van der Waals surface area (Å²) in [6, 6.07) is 0. The van der Waals surface area contributed by atoms with Crippen molar-refractivity contribution in [3.8, 4) is 0 Å². The number of hydrogen-bond donors (Lipinski definition) is 1. The minimum atomic E-state index is 0.0711. The van der Waals surface area contributed by atoms with Gasteiger partial charge in [-0.3, -0.25) is 0 Å². The Balaban J connectivity index is 1.48. The summed E-state index contributed by atoms with van der Waals surface area (Å²) in [5, 5.41) is 3.16. The minimum Gasteiger partial charge on any atom is -0.387 e. The van der Waals surface area contributed by atoms with Gasteiger partial charge in [-0.2, -0.15) is 0 Å². The molecule has 1 N–H and O–H groups in total. The zero-order valence-electron chi connectivity index (χ0n) is 10.5. The van der Waals surface area contributed by atoms with E-state index in [2.05, 4.69) is 17.5 Å². The molecule has 2 aliphatic rings. The molecule has 1 fully saturated rings. The van der Waals surface area contributed by atoms with Crippen molar-refractivity contribution < 1.29 is 9.47 Å². The maximum absolute atomic E-state index is 5.70. The van der Waals surface area contributed by atoms with Crippen LogP contribution in [0.4, 0.5) is 0 Å². The van der Waals surface area contributed by atoms with Crippen molar-refractivity contribution in [2.45, 2.75) is 44.8 Å². The first kappa shape index (κ1) is 12.7. The summed E-state index contributed by atoms with van der Waals surface area (Å²) in [5.41, 5.74) is 1.44. The molecule has 1 saturated heterocycles. The van der Waals surface area contributed by atoms with E-state index in [0.29, 0.717) is 0 Å². The van der Waals surface area contributed by atoms with Gasteiger partial charge in [0.15, 0.2) is 6.29 Å². The van der Waals surface area contributed by atoms with E-state index in [1.54, 1.807) is 0 Å². The van der Waals surface area contributed by atoms with Crippen LogP contribution in [0.2, 0.25) is 0 Å². The maximum Gasteiger partial charge on any atom is 0.157 e. The van der Waals surface area contributed by atoms with Gasteiger partial charge < -0.3 is 14.8 Å². The molecule has 3 nitrogen and oxygen atoms in total. The zero-order valence-corrected chi connectivity index (χ0v) is 10.5. The number of ether oxygens (including phenoxy) is 2. The van der Waals surface area contributed by atoms with E-state index < -0.39 is 0 Å². The molecule has 0 saturated carbocycles. The molecular weight excluding hydrogens is 214 g/mol. The Hall–Kier alpha value is -0.800. The Bertz CT molecular complexity index is 267. The van der Waals surface area contributed by atoms with Crippen LogP contribution in [0.5, 0.6) is 0 Å². The first-order chi connectivity index (χ1) is 8.45. The van der Waals surface area contributed by atoms with E-state index in [0.717, 1.165) is 39.0 Å². The molecule has 17 heavy (non-hydrogen) atoms. The van der Waals surface area contributed by atoms with Crippen molar-refractivity contribution in [2.75, 3.05) is 19.8 Å². The smallest absolute Gasteiger partial charge is 0.157 e. The van der Waals surface area contributed by atoms with Crippen molar-refractivity contribution in [3.05, 3.63) is 23.9 Å². The van der Waals surface area contributed by atoms with Gasteiger partial charge in [-0.1, -0.05) is 6.08 Å². The Morgan fingerprint density at radius 2 is 2.35 bits per heavy atom. The second-order valence-electron chi connectivity index (χ2n) is 4.64. The Morgan fingerprint density at radius 3 is 3.12 bits per heavy atom. The molecule has 0 spiro atoms. The molecule has 1 unspecified atom stereocenters. The summed E-state index contributed by atoms with van der Waals surface area (Å²) in [4.78, 5) is 0. The SMILES string of the molecule is C1=CC(CCCCOC2CCCCO2)=CCN1. The summed E-state index contributed by atoms with van der Waals surface area (Å²) in [7, 11) is 0. The van der Waals surface area contributed by atoms with Gasteiger partial charge >= 0.3 is 0 Å². The predicted octanol–water partition coefficient (Wildman–Crippen LogP) is 2.74. The summed E-state index contributed by atoms with van der Waals surface area (Å²) in [6.45, 7) is 2.67. The summed E-state index contributed by atoms with van der Waals surface area (Å²) in [5.74, 6) is 0. The number of unbranched alkanes of at least 4 members (excludes halogenated alkanes) is 1. The van der Waals surface area contributed by atoms with Gasteiger partial charge in [-0.25, -0.2) is 0 Å². The molecule has 2 aliphatic heterocycles. The number of hydrogen-bond acceptors (Lipinski definition) is 3. The lowest BCUT2D eigenvalue weighted by Gasteiger charge is -2.22. The van der Waals surface area contributed by atoms with Gasteiger partial charge in [0.2, 0.25) is 0 Å². The monoisotopic (exact) mass is 237 g/mol. The second kappa shape index (κ2) is 7.51. The van der Waals surface area contributed by atoms with Gasteiger partial charge in [0, 0.05) is 19.8 Å². The van der Waals surface area contributed by atoms with Crippen molar-refractivity contribution in [1.29, 1.82) is 0 Å². The summed E-state index contributed by atoms with van der Waals surface area (Å²) < 4.78 is 11.2. The maximum atomic E-state index is 5.70. The van der Waals surface area contributed by atoms with Crippen LogP contribution in [-0.4, -0.2) is 26.0 Å². The van der Waals surface area contributed by atoms with E-state index in [4.69, 9.17) is 9.47 Å². The Morgan fingerprint density at radius 1 is 1.35 bits per heavy atom. The lowest BCUT2D eigenvalue weighted by atomic mass is 10.1. The third-order valence-electron chi connectivity index (χ3n) is 3.20. The standard InChI is InChI=1S/C14H23NO2/c1(5-13-7-9-15-10-8-13)3-11-16-14-6-2-4-12-17-14/h7-9,14-15H,1-6,10-12H2. The summed E-state index contributed by atoms with van der Waals surface area (Å²) in [6.07, 6.45) is 13.5. The van der Waals surface area contributed by atoms with Crippen LogP contribution >= 0.6 is 0 Å². The van der Waals surface area contributed by atoms with Gasteiger partial charge in [0.1, 0.15) is 0 Å². The molecule has 0 amide bonds. The molecule has 0 bridgehead atoms.